The van der Waals surface area contributed by atoms with Gasteiger partial charge in [-0.1, -0.05) is 0 Å². The van der Waals surface area contributed by atoms with E-state index in [4.69, 9.17) is 0 Å². The van der Waals surface area contributed by atoms with Gasteiger partial charge < -0.3 is 9.88 Å². The standard InChI is InChI=1S/C14H21N3S/c1-11-8-18-9-12(11)7-17-10-15-5-13(17)6-16-14(2,3)4/h5,8-10,16H,6-7H2,1-4H3. The molecule has 0 bridgehead atoms. The van der Waals surface area contributed by atoms with Crippen LogP contribution in [-0.4, -0.2) is 15.1 Å². The van der Waals surface area contributed by atoms with Crippen molar-refractivity contribution in [2.45, 2.75) is 46.3 Å². The molecule has 2 heterocycles. The van der Waals surface area contributed by atoms with Crippen LogP contribution in [0.5, 0.6) is 0 Å². The molecule has 0 radical (unpaired) electrons. The molecule has 0 spiro atoms. The van der Waals surface area contributed by atoms with Gasteiger partial charge in [0.05, 0.1) is 12.0 Å². The summed E-state index contributed by atoms with van der Waals surface area (Å²) in [7, 11) is 0. The molecule has 2 aromatic heterocycles. The summed E-state index contributed by atoms with van der Waals surface area (Å²) >= 11 is 1.76. The Morgan fingerprint density at radius 2 is 2.11 bits per heavy atom. The van der Waals surface area contributed by atoms with Crippen LogP contribution in [0.1, 0.15) is 37.6 Å². The number of hydrogen-bond acceptors (Lipinski definition) is 3. The third kappa shape index (κ3) is 3.43. The van der Waals surface area contributed by atoms with Gasteiger partial charge >= 0.3 is 0 Å². The van der Waals surface area contributed by atoms with Gasteiger partial charge in [-0.2, -0.15) is 11.3 Å². The Balaban J connectivity index is 2.06. The lowest BCUT2D eigenvalue weighted by atomic mass is 10.1. The lowest BCUT2D eigenvalue weighted by Crippen LogP contribution is -2.35. The highest BCUT2D eigenvalue weighted by Crippen LogP contribution is 2.16. The van der Waals surface area contributed by atoms with Crippen molar-refractivity contribution < 1.29 is 0 Å². The first-order valence-corrected chi connectivity index (χ1v) is 7.16. The molecule has 0 amide bonds. The molecule has 98 valence electrons. The lowest BCUT2D eigenvalue weighted by molar-refractivity contribution is 0.417. The summed E-state index contributed by atoms with van der Waals surface area (Å²) in [6.07, 6.45) is 3.86. The third-order valence-corrected chi connectivity index (χ3v) is 3.81. The van der Waals surface area contributed by atoms with E-state index < -0.39 is 0 Å². The van der Waals surface area contributed by atoms with E-state index in [2.05, 4.69) is 53.3 Å². The second-order valence-corrected chi connectivity index (χ2v) is 6.44. The fourth-order valence-electron chi connectivity index (χ4n) is 1.73. The molecular weight excluding hydrogens is 242 g/mol. The van der Waals surface area contributed by atoms with Crippen LogP contribution in [-0.2, 0) is 13.1 Å². The van der Waals surface area contributed by atoms with Gasteiger partial charge in [0.1, 0.15) is 0 Å². The quantitative estimate of drug-likeness (QED) is 0.918. The van der Waals surface area contributed by atoms with Crippen molar-refractivity contribution in [3.05, 3.63) is 40.1 Å². The summed E-state index contributed by atoms with van der Waals surface area (Å²) in [5.41, 5.74) is 4.11. The molecule has 2 rings (SSSR count). The molecule has 0 unspecified atom stereocenters. The van der Waals surface area contributed by atoms with Crippen molar-refractivity contribution in [3.63, 3.8) is 0 Å². The molecule has 0 saturated heterocycles. The number of rotatable bonds is 4. The zero-order chi connectivity index (χ0) is 13.2. The Morgan fingerprint density at radius 3 is 2.72 bits per heavy atom. The van der Waals surface area contributed by atoms with Crippen molar-refractivity contribution in [2.24, 2.45) is 0 Å². The number of nitrogens with one attached hydrogen (secondary N) is 1. The van der Waals surface area contributed by atoms with Gasteiger partial charge in [0.25, 0.3) is 0 Å². The van der Waals surface area contributed by atoms with E-state index >= 15 is 0 Å². The molecule has 0 aromatic carbocycles. The SMILES string of the molecule is Cc1cscc1Cn1cncc1CNC(C)(C)C. The molecule has 0 aliphatic heterocycles. The summed E-state index contributed by atoms with van der Waals surface area (Å²) in [6.45, 7) is 10.5. The van der Waals surface area contributed by atoms with Gasteiger partial charge in [-0.3, -0.25) is 0 Å². The van der Waals surface area contributed by atoms with Gasteiger partial charge in [-0.25, -0.2) is 4.98 Å². The van der Waals surface area contributed by atoms with Crippen LogP contribution in [0.3, 0.4) is 0 Å². The second kappa shape index (κ2) is 5.24. The zero-order valence-corrected chi connectivity index (χ0v) is 12.3. The van der Waals surface area contributed by atoms with Gasteiger partial charge in [-0.05, 0) is 49.6 Å². The Bertz CT molecular complexity index is 505. The number of imidazole rings is 1. The molecule has 2 aromatic rings. The number of aryl methyl sites for hydroxylation is 1. The number of hydrogen-bond donors (Lipinski definition) is 1. The monoisotopic (exact) mass is 263 g/mol. The molecule has 0 aliphatic rings. The average molecular weight is 263 g/mol. The van der Waals surface area contributed by atoms with Crippen LogP contribution in [0.15, 0.2) is 23.3 Å². The van der Waals surface area contributed by atoms with Crippen molar-refractivity contribution >= 4 is 11.3 Å². The normalized spacial score (nSPS) is 12.0. The van der Waals surface area contributed by atoms with Crippen molar-refractivity contribution in [1.29, 1.82) is 0 Å². The van der Waals surface area contributed by atoms with Gasteiger partial charge in [0.2, 0.25) is 0 Å². The maximum Gasteiger partial charge on any atom is 0.0951 e. The highest BCUT2D eigenvalue weighted by molar-refractivity contribution is 7.08. The molecule has 0 aliphatic carbocycles. The molecular formula is C14H21N3S. The minimum absolute atomic E-state index is 0.132. The Hall–Kier alpha value is -1.13. The second-order valence-electron chi connectivity index (χ2n) is 5.70. The largest absolute Gasteiger partial charge is 0.329 e. The summed E-state index contributed by atoms with van der Waals surface area (Å²) in [5, 5.41) is 7.91. The molecule has 0 saturated carbocycles. The van der Waals surface area contributed by atoms with Crippen molar-refractivity contribution in [1.82, 2.24) is 14.9 Å². The van der Waals surface area contributed by atoms with Gasteiger partial charge in [-0.15, -0.1) is 0 Å². The van der Waals surface area contributed by atoms with Crippen LogP contribution >= 0.6 is 11.3 Å². The fourth-order valence-corrected chi connectivity index (χ4v) is 2.57. The Labute approximate surface area is 113 Å². The first-order valence-electron chi connectivity index (χ1n) is 6.21. The van der Waals surface area contributed by atoms with E-state index in [0.29, 0.717) is 0 Å². The maximum absolute atomic E-state index is 4.26. The summed E-state index contributed by atoms with van der Waals surface area (Å²) in [4.78, 5) is 4.26. The van der Waals surface area contributed by atoms with E-state index in [1.807, 2.05) is 12.5 Å². The molecule has 0 fully saturated rings. The van der Waals surface area contributed by atoms with E-state index in [-0.39, 0.29) is 5.54 Å². The van der Waals surface area contributed by atoms with Crippen molar-refractivity contribution in [2.75, 3.05) is 0 Å². The topological polar surface area (TPSA) is 29.9 Å². The summed E-state index contributed by atoms with van der Waals surface area (Å²) in [6, 6.07) is 0. The van der Waals surface area contributed by atoms with Crippen molar-refractivity contribution in [3.8, 4) is 0 Å². The number of nitrogens with zero attached hydrogens (tertiary/aromatic N) is 2. The average Bonchev–Trinajstić information content (AvgIpc) is 2.86. The lowest BCUT2D eigenvalue weighted by Gasteiger charge is -2.21. The molecule has 4 heteroatoms. The van der Waals surface area contributed by atoms with Crippen LogP contribution in [0.2, 0.25) is 0 Å². The number of aromatic nitrogens is 2. The molecule has 18 heavy (non-hydrogen) atoms. The van der Waals surface area contributed by atoms with Crippen LogP contribution in [0.4, 0.5) is 0 Å². The predicted molar refractivity (Wildman–Crippen MR) is 77.0 cm³/mol. The van der Waals surface area contributed by atoms with E-state index in [0.717, 1.165) is 13.1 Å². The zero-order valence-electron chi connectivity index (χ0n) is 11.5. The highest BCUT2D eigenvalue weighted by atomic mass is 32.1. The van der Waals surface area contributed by atoms with Crippen LogP contribution in [0, 0.1) is 6.92 Å². The first-order chi connectivity index (χ1) is 8.46. The van der Waals surface area contributed by atoms with E-state index in [1.165, 1.54) is 16.8 Å². The van der Waals surface area contributed by atoms with Gasteiger partial charge in [0, 0.05) is 24.8 Å². The smallest absolute Gasteiger partial charge is 0.0951 e. The highest BCUT2D eigenvalue weighted by Gasteiger charge is 2.11. The van der Waals surface area contributed by atoms with Crippen LogP contribution < -0.4 is 5.32 Å². The third-order valence-electron chi connectivity index (χ3n) is 2.90. The van der Waals surface area contributed by atoms with Gasteiger partial charge in [0.15, 0.2) is 0 Å². The minimum atomic E-state index is 0.132. The maximum atomic E-state index is 4.26. The summed E-state index contributed by atoms with van der Waals surface area (Å²) < 4.78 is 2.22. The van der Waals surface area contributed by atoms with Crippen LogP contribution in [0.25, 0.3) is 0 Å². The minimum Gasteiger partial charge on any atom is -0.329 e. The molecule has 0 atom stereocenters. The number of thiophene rings is 1. The van der Waals surface area contributed by atoms with E-state index in [9.17, 15) is 0 Å². The predicted octanol–water partition coefficient (Wildman–Crippen LogP) is 3.19. The summed E-state index contributed by atoms with van der Waals surface area (Å²) in [5.74, 6) is 0. The molecule has 3 nitrogen and oxygen atoms in total. The Morgan fingerprint density at radius 1 is 1.33 bits per heavy atom. The Kier molecular flexibility index (Phi) is 3.88. The fraction of sp³-hybridized carbons (Fsp3) is 0.500. The van der Waals surface area contributed by atoms with E-state index in [1.54, 1.807) is 11.3 Å². The first kappa shape index (κ1) is 13.3. The molecule has 1 N–H and O–H groups in total.